The Hall–Kier alpha value is -3.82. The normalized spacial score (nSPS) is 15.1. The maximum absolute atomic E-state index is 12.8. The van der Waals surface area contributed by atoms with E-state index in [1.54, 1.807) is 16.8 Å². The Morgan fingerprint density at radius 2 is 1.61 bits per heavy atom. The summed E-state index contributed by atoms with van der Waals surface area (Å²) < 4.78 is 14.0. The fraction of sp³-hybridized carbons (Fsp3) is 0.241. The standard InChI is InChI=1S/C29H29BrN4O4/c1-33-27(25(30)28(35)32-33)26(20-10-4-2-5-11-20)34-18-16-22(17-19-34)38-29(36)31-23-14-8-9-15-24(23)37-21-12-6-3-7-13-21/h2-15,22,26H,16-19H2,1H3,(H,31,36)(H,32,35). The summed E-state index contributed by atoms with van der Waals surface area (Å²) in [4.78, 5) is 27.4. The molecule has 0 saturated carbocycles. The number of amides is 1. The summed E-state index contributed by atoms with van der Waals surface area (Å²) >= 11 is 3.49. The lowest BCUT2D eigenvalue weighted by atomic mass is 9.98. The highest BCUT2D eigenvalue weighted by molar-refractivity contribution is 9.10. The number of benzene rings is 3. The first-order chi connectivity index (χ1) is 18.5. The van der Waals surface area contributed by atoms with Crippen LogP contribution in [0.2, 0.25) is 0 Å². The van der Waals surface area contributed by atoms with Crippen molar-refractivity contribution in [3.05, 3.63) is 111 Å². The van der Waals surface area contributed by atoms with Gasteiger partial charge in [-0.1, -0.05) is 60.7 Å². The van der Waals surface area contributed by atoms with Crippen molar-refractivity contribution in [2.24, 2.45) is 7.05 Å². The van der Waals surface area contributed by atoms with E-state index in [2.05, 4.69) is 43.4 Å². The largest absolute Gasteiger partial charge is 0.455 e. The number of H-pyrrole nitrogens is 1. The first-order valence-electron chi connectivity index (χ1n) is 12.5. The summed E-state index contributed by atoms with van der Waals surface area (Å²) in [5, 5.41) is 5.68. The minimum Gasteiger partial charge on any atom is -0.455 e. The number of hydrogen-bond donors (Lipinski definition) is 2. The van der Waals surface area contributed by atoms with Gasteiger partial charge in [-0.2, -0.15) is 0 Å². The van der Waals surface area contributed by atoms with E-state index in [-0.39, 0.29) is 17.7 Å². The van der Waals surface area contributed by atoms with Crippen molar-refractivity contribution in [3.63, 3.8) is 0 Å². The van der Waals surface area contributed by atoms with Crippen LogP contribution in [-0.2, 0) is 11.8 Å². The fourth-order valence-corrected chi connectivity index (χ4v) is 5.39. The van der Waals surface area contributed by atoms with E-state index in [4.69, 9.17) is 9.47 Å². The van der Waals surface area contributed by atoms with Gasteiger partial charge < -0.3 is 9.47 Å². The molecule has 1 aliphatic heterocycles. The van der Waals surface area contributed by atoms with Crippen LogP contribution < -0.4 is 15.6 Å². The van der Waals surface area contributed by atoms with Crippen LogP contribution in [0.3, 0.4) is 0 Å². The van der Waals surface area contributed by atoms with Crippen LogP contribution in [-0.4, -0.2) is 40.0 Å². The second-order valence-electron chi connectivity index (χ2n) is 9.19. The highest BCUT2D eigenvalue weighted by Crippen LogP contribution is 2.34. The van der Waals surface area contributed by atoms with Gasteiger partial charge >= 0.3 is 6.09 Å². The Kier molecular flexibility index (Phi) is 7.95. The Bertz CT molecular complexity index is 1430. The summed E-state index contributed by atoms with van der Waals surface area (Å²) in [6.07, 6.45) is 0.621. The molecule has 38 heavy (non-hydrogen) atoms. The highest BCUT2D eigenvalue weighted by Gasteiger charge is 2.32. The van der Waals surface area contributed by atoms with Crippen molar-refractivity contribution in [1.82, 2.24) is 14.7 Å². The van der Waals surface area contributed by atoms with Crippen LogP contribution >= 0.6 is 15.9 Å². The van der Waals surface area contributed by atoms with Crippen molar-refractivity contribution in [2.45, 2.75) is 25.0 Å². The van der Waals surface area contributed by atoms with E-state index < -0.39 is 6.09 Å². The van der Waals surface area contributed by atoms with Gasteiger partial charge in [0.05, 0.1) is 17.4 Å². The lowest BCUT2D eigenvalue weighted by Crippen LogP contribution is -2.41. The minimum absolute atomic E-state index is 0.119. The Morgan fingerprint density at radius 3 is 2.26 bits per heavy atom. The number of nitrogens with one attached hydrogen (secondary N) is 2. The zero-order valence-electron chi connectivity index (χ0n) is 21.0. The summed E-state index contributed by atoms with van der Waals surface area (Å²) in [6, 6.07) is 26.7. The number of halogens is 1. The number of anilines is 1. The van der Waals surface area contributed by atoms with E-state index in [0.717, 1.165) is 11.3 Å². The minimum atomic E-state index is -0.511. The Balaban J connectivity index is 1.24. The summed E-state index contributed by atoms with van der Waals surface area (Å²) in [5.74, 6) is 1.22. The number of aromatic nitrogens is 2. The lowest BCUT2D eigenvalue weighted by Gasteiger charge is -2.37. The number of para-hydroxylation sites is 3. The van der Waals surface area contributed by atoms with Gasteiger partial charge in [-0.05, 0) is 58.6 Å². The van der Waals surface area contributed by atoms with Gasteiger partial charge in [0.2, 0.25) is 0 Å². The van der Waals surface area contributed by atoms with Gasteiger partial charge in [0.15, 0.2) is 5.75 Å². The molecule has 1 aliphatic rings. The lowest BCUT2D eigenvalue weighted by molar-refractivity contribution is 0.0486. The fourth-order valence-electron chi connectivity index (χ4n) is 4.82. The molecule has 2 N–H and O–H groups in total. The molecule has 9 heteroatoms. The topological polar surface area (TPSA) is 88.6 Å². The maximum Gasteiger partial charge on any atom is 0.412 e. The van der Waals surface area contributed by atoms with Crippen molar-refractivity contribution in [1.29, 1.82) is 0 Å². The zero-order chi connectivity index (χ0) is 26.5. The van der Waals surface area contributed by atoms with Crippen LogP contribution in [0.15, 0.2) is 94.2 Å². The SMILES string of the molecule is Cn1[nH]c(=O)c(Br)c1C(c1ccccc1)N1CCC(OC(=O)Nc2ccccc2Oc2ccccc2)CC1. The number of carbonyl (C=O) groups is 1. The molecule has 8 nitrogen and oxygen atoms in total. The number of aromatic amines is 1. The van der Waals surface area contributed by atoms with Crippen molar-refractivity contribution in [3.8, 4) is 11.5 Å². The molecule has 0 aliphatic carbocycles. The highest BCUT2D eigenvalue weighted by atomic mass is 79.9. The molecule has 1 atom stereocenters. The van der Waals surface area contributed by atoms with Gasteiger partial charge in [0, 0.05) is 20.1 Å². The molecule has 3 aromatic carbocycles. The first kappa shape index (κ1) is 25.8. The molecule has 5 rings (SSSR count). The quantitative estimate of drug-likeness (QED) is 0.279. The number of piperidine rings is 1. The summed E-state index contributed by atoms with van der Waals surface area (Å²) in [7, 11) is 1.84. The first-order valence-corrected chi connectivity index (χ1v) is 13.3. The molecular formula is C29H29BrN4O4. The van der Waals surface area contributed by atoms with Gasteiger partial charge in [-0.15, -0.1) is 0 Å². The number of hydrogen-bond acceptors (Lipinski definition) is 5. The van der Waals surface area contributed by atoms with E-state index in [1.807, 2.05) is 67.7 Å². The van der Waals surface area contributed by atoms with Crippen molar-refractivity contribution in [2.75, 3.05) is 18.4 Å². The molecule has 0 spiro atoms. The van der Waals surface area contributed by atoms with E-state index >= 15 is 0 Å². The number of likely N-dealkylation sites (tertiary alicyclic amines) is 1. The molecule has 2 heterocycles. The smallest absolute Gasteiger partial charge is 0.412 e. The molecule has 1 amide bonds. The number of aryl methyl sites for hydroxylation is 1. The summed E-state index contributed by atoms with van der Waals surface area (Å²) in [6.45, 7) is 1.41. The number of ether oxygens (including phenoxy) is 2. The monoisotopic (exact) mass is 576 g/mol. The molecule has 4 aromatic rings. The molecule has 0 radical (unpaired) electrons. The van der Waals surface area contributed by atoms with Gasteiger partial charge in [-0.3, -0.25) is 24.8 Å². The second-order valence-corrected chi connectivity index (χ2v) is 9.98. The average molecular weight is 577 g/mol. The number of carbonyl (C=O) groups excluding carboxylic acids is 1. The average Bonchev–Trinajstić information content (AvgIpc) is 3.18. The zero-order valence-corrected chi connectivity index (χ0v) is 22.6. The maximum atomic E-state index is 12.8. The number of rotatable bonds is 7. The third-order valence-electron chi connectivity index (χ3n) is 6.64. The van der Waals surface area contributed by atoms with Crippen molar-refractivity contribution >= 4 is 27.7 Å². The van der Waals surface area contributed by atoms with Gasteiger partial charge in [0.25, 0.3) is 5.56 Å². The van der Waals surface area contributed by atoms with Crippen LogP contribution in [0, 0.1) is 0 Å². The van der Waals surface area contributed by atoms with Crippen LogP contribution in [0.5, 0.6) is 11.5 Å². The molecule has 1 unspecified atom stereocenters. The Labute approximate surface area is 229 Å². The second kappa shape index (κ2) is 11.7. The molecule has 1 aromatic heterocycles. The molecule has 1 fully saturated rings. The van der Waals surface area contributed by atoms with Gasteiger partial charge in [0.1, 0.15) is 16.3 Å². The van der Waals surface area contributed by atoms with E-state index in [1.165, 1.54) is 0 Å². The third kappa shape index (κ3) is 5.84. The van der Waals surface area contributed by atoms with E-state index in [0.29, 0.717) is 47.6 Å². The third-order valence-corrected chi connectivity index (χ3v) is 7.41. The van der Waals surface area contributed by atoms with Crippen LogP contribution in [0.4, 0.5) is 10.5 Å². The molecular weight excluding hydrogens is 548 g/mol. The van der Waals surface area contributed by atoms with Gasteiger partial charge in [-0.25, -0.2) is 4.79 Å². The molecule has 0 bridgehead atoms. The van der Waals surface area contributed by atoms with Crippen molar-refractivity contribution < 1.29 is 14.3 Å². The molecule has 196 valence electrons. The Morgan fingerprint density at radius 1 is 0.974 bits per heavy atom. The molecule has 1 saturated heterocycles. The predicted molar refractivity (Wildman–Crippen MR) is 150 cm³/mol. The van der Waals surface area contributed by atoms with Crippen LogP contribution in [0.1, 0.15) is 30.1 Å². The summed E-state index contributed by atoms with van der Waals surface area (Å²) in [5.41, 5.74) is 2.35. The van der Waals surface area contributed by atoms with E-state index in [9.17, 15) is 9.59 Å². The van der Waals surface area contributed by atoms with Crippen LogP contribution in [0.25, 0.3) is 0 Å². The number of nitrogens with zero attached hydrogens (tertiary/aromatic N) is 2. The predicted octanol–water partition coefficient (Wildman–Crippen LogP) is 6.07.